The van der Waals surface area contributed by atoms with Crippen LogP contribution in [0.25, 0.3) is 0 Å². The number of piperidine rings is 2. The summed E-state index contributed by atoms with van der Waals surface area (Å²) in [6, 6.07) is 6.72. The summed E-state index contributed by atoms with van der Waals surface area (Å²) in [5.74, 6) is -0.0128. The van der Waals surface area contributed by atoms with E-state index in [1.165, 1.54) is 0 Å². The second-order valence-corrected chi connectivity index (χ2v) is 7.62. The van der Waals surface area contributed by atoms with Crippen molar-refractivity contribution in [3.63, 3.8) is 0 Å². The van der Waals surface area contributed by atoms with Gasteiger partial charge in [-0.25, -0.2) is 0 Å². The van der Waals surface area contributed by atoms with Crippen LogP contribution in [0.2, 0.25) is 5.02 Å². The van der Waals surface area contributed by atoms with Crippen LogP contribution in [-0.4, -0.2) is 52.9 Å². The molecule has 25 heavy (non-hydrogen) atoms. The first-order valence-corrected chi connectivity index (χ1v) is 9.32. The number of aliphatic hydroxyl groups excluding tert-OH is 1. The lowest BCUT2D eigenvalue weighted by Crippen LogP contribution is -2.52. The smallest absolute Gasteiger partial charge is 0.256 e. The molecule has 2 heterocycles. The molecular formula is C19H25ClN2O3. The fourth-order valence-corrected chi connectivity index (χ4v) is 4.09. The van der Waals surface area contributed by atoms with Gasteiger partial charge in [0, 0.05) is 37.6 Å². The Morgan fingerprint density at radius 3 is 2.48 bits per heavy atom. The summed E-state index contributed by atoms with van der Waals surface area (Å²) >= 11 is 5.86. The molecule has 1 aromatic rings. The van der Waals surface area contributed by atoms with E-state index in [-0.39, 0.29) is 17.2 Å². The molecule has 0 saturated carbocycles. The van der Waals surface area contributed by atoms with Crippen molar-refractivity contribution in [1.29, 1.82) is 0 Å². The average molecular weight is 365 g/mol. The minimum atomic E-state index is -1.15. The fraction of sp³-hybridized carbons (Fsp3) is 0.579. The van der Waals surface area contributed by atoms with E-state index in [1.807, 2.05) is 11.8 Å². The maximum atomic E-state index is 12.6. The molecule has 0 aromatic heterocycles. The fourth-order valence-electron chi connectivity index (χ4n) is 3.96. The minimum Gasteiger partial charge on any atom is -0.378 e. The summed E-state index contributed by atoms with van der Waals surface area (Å²) in [4.78, 5) is 28.2. The summed E-state index contributed by atoms with van der Waals surface area (Å²) in [5.41, 5.74) is 0.696. The summed E-state index contributed by atoms with van der Waals surface area (Å²) in [5, 5.41) is 10.9. The molecule has 0 radical (unpaired) electrons. The zero-order chi connectivity index (χ0) is 18.0. The summed E-state index contributed by atoms with van der Waals surface area (Å²) in [6.45, 7) is 4.82. The number of likely N-dealkylation sites (tertiary alicyclic amines) is 2. The van der Waals surface area contributed by atoms with E-state index >= 15 is 0 Å². The van der Waals surface area contributed by atoms with Crippen molar-refractivity contribution in [1.82, 2.24) is 9.80 Å². The predicted octanol–water partition coefficient (Wildman–Crippen LogP) is 2.62. The highest BCUT2D eigenvalue weighted by molar-refractivity contribution is 6.30. The van der Waals surface area contributed by atoms with Gasteiger partial charge in [-0.2, -0.15) is 0 Å². The third kappa shape index (κ3) is 3.82. The first-order chi connectivity index (χ1) is 11.9. The van der Waals surface area contributed by atoms with Crippen molar-refractivity contribution in [2.75, 3.05) is 26.2 Å². The molecule has 0 unspecified atom stereocenters. The molecule has 0 aliphatic carbocycles. The summed E-state index contributed by atoms with van der Waals surface area (Å²) in [7, 11) is 0. The second-order valence-electron chi connectivity index (χ2n) is 7.19. The lowest BCUT2D eigenvalue weighted by Gasteiger charge is -2.47. The molecule has 2 aliphatic rings. The van der Waals surface area contributed by atoms with Crippen molar-refractivity contribution in [3.8, 4) is 0 Å². The van der Waals surface area contributed by atoms with Crippen LogP contribution in [0.3, 0.4) is 0 Å². The molecule has 136 valence electrons. The Bertz CT molecular complexity index is 639. The first kappa shape index (κ1) is 18.2. The molecule has 3 rings (SSSR count). The van der Waals surface area contributed by atoms with Crippen molar-refractivity contribution >= 4 is 23.4 Å². The number of carbonyl (C=O) groups excluding carboxylic acids is 2. The largest absolute Gasteiger partial charge is 0.378 e. The van der Waals surface area contributed by atoms with Gasteiger partial charge in [-0.15, -0.1) is 0 Å². The van der Waals surface area contributed by atoms with Gasteiger partial charge in [0.2, 0.25) is 5.91 Å². The molecule has 2 amide bonds. The van der Waals surface area contributed by atoms with E-state index in [0.29, 0.717) is 30.1 Å². The number of aliphatic hydroxyl groups is 1. The second kappa shape index (κ2) is 7.34. The first-order valence-electron chi connectivity index (χ1n) is 8.94. The van der Waals surface area contributed by atoms with E-state index in [4.69, 9.17) is 11.6 Å². The van der Waals surface area contributed by atoms with Crippen LogP contribution in [0.15, 0.2) is 24.3 Å². The highest BCUT2D eigenvalue weighted by Gasteiger charge is 2.41. The topological polar surface area (TPSA) is 60.9 Å². The van der Waals surface area contributed by atoms with Gasteiger partial charge in [0.05, 0.1) is 0 Å². The number of halogens is 1. The minimum absolute atomic E-state index is 0.131. The Morgan fingerprint density at radius 2 is 1.88 bits per heavy atom. The van der Waals surface area contributed by atoms with Crippen molar-refractivity contribution in [2.24, 2.45) is 5.41 Å². The van der Waals surface area contributed by atoms with Gasteiger partial charge in [-0.3, -0.25) is 9.59 Å². The van der Waals surface area contributed by atoms with Crippen LogP contribution in [0, 0.1) is 5.41 Å². The van der Waals surface area contributed by atoms with Gasteiger partial charge in [-0.1, -0.05) is 23.7 Å². The molecule has 1 aromatic carbocycles. The van der Waals surface area contributed by atoms with Crippen LogP contribution in [0.1, 0.15) is 44.3 Å². The number of benzene rings is 1. The Balaban J connectivity index is 1.61. The zero-order valence-corrected chi connectivity index (χ0v) is 15.3. The van der Waals surface area contributed by atoms with Crippen molar-refractivity contribution < 1.29 is 14.7 Å². The Hall–Kier alpha value is -1.59. The van der Waals surface area contributed by atoms with Crippen molar-refractivity contribution in [2.45, 2.75) is 38.7 Å². The monoisotopic (exact) mass is 364 g/mol. The van der Waals surface area contributed by atoms with Gasteiger partial charge < -0.3 is 14.9 Å². The molecule has 6 heteroatoms. The Labute approximate surface area is 153 Å². The van der Waals surface area contributed by atoms with E-state index in [0.717, 1.165) is 32.4 Å². The quantitative estimate of drug-likeness (QED) is 0.896. The number of nitrogens with zero attached hydrogens (tertiary/aromatic N) is 2. The van der Waals surface area contributed by atoms with Crippen LogP contribution in [0.4, 0.5) is 0 Å². The predicted molar refractivity (Wildman–Crippen MR) is 96.1 cm³/mol. The van der Waals surface area contributed by atoms with Crippen LogP contribution in [-0.2, 0) is 9.59 Å². The number of rotatable bonds is 3. The SMILES string of the molecule is CCN1CC2(CCC1=O)CCN(C(=O)[C@@H](O)c1ccc(Cl)cc1)CC2. The molecule has 5 nitrogen and oxygen atoms in total. The average Bonchev–Trinajstić information content (AvgIpc) is 2.64. The van der Waals surface area contributed by atoms with Gasteiger partial charge >= 0.3 is 0 Å². The molecule has 0 bridgehead atoms. The highest BCUT2D eigenvalue weighted by Crippen LogP contribution is 2.40. The van der Waals surface area contributed by atoms with Crippen LogP contribution in [0.5, 0.6) is 0 Å². The van der Waals surface area contributed by atoms with Gasteiger partial charge in [0.15, 0.2) is 6.10 Å². The highest BCUT2D eigenvalue weighted by atomic mass is 35.5. The summed E-state index contributed by atoms with van der Waals surface area (Å²) < 4.78 is 0. The van der Waals surface area contributed by atoms with Gasteiger partial charge in [-0.05, 0) is 49.3 Å². The van der Waals surface area contributed by atoms with Gasteiger partial charge in [0.1, 0.15) is 0 Å². The Kier molecular flexibility index (Phi) is 5.35. The van der Waals surface area contributed by atoms with E-state index in [1.54, 1.807) is 29.2 Å². The van der Waals surface area contributed by atoms with Gasteiger partial charge in [0.25, 0.3) is 5.91 Å². The van der Waals surface area contributed by atoms with Crippen LogP contribution >= 0.6 is 11.6 Å². The number of hydrogen-bond donors (Lipinski definition) is 1. The standard InChI is InChI=1S/C19H25ClN2O3/c1-2-21-13-19(8-7-16(21)23)9-11-22(12-10-19)18(25)17(24)14-3-5-15(20)6-4-14/h3-6,17,24H,2,7-13H2,1H3/t17-/m0/s1. The lowest BCUT2D eigenvalue weighted by molar-refractivity contribution is -0.147. The maximum absolute atomic E-state index is 12.6. The molecular weight excluding hydrogens is 340 g/mol. The van der Waals surface area contributed by atoms with Crippen LogP contribution < -0.4 is 0 Å². The van der Waals surface area contributed by atoms with Crippen molar-refractivity contribution in [3.05, 3.63) is 34.9 Å². The zero-order valence-electron chi connectivity index (χ0n) is 14.6. The lowest BCUT2D eigenvalue weighted by atomic mass is 9.72. The molecule has 1 spiro atoms. The molecule has 2 fully saturated rings. The third-order valence-electron chi connectivity index (χ3n) is 5.69. The molecule has 1 N–H and O–H groups in total. The molecule has 2 aliphatic heterocycles. The maximum Gasteiger partial charge on any atom is 0.256 e. The number of amides is 2. The van der Waals surface area contributed by atoms with E-state index in [2.05, 4.69) is 0 Å². The van der Waals surface area contributed by atoms with E-state index < -0.39 is 6.10 Å². The normalized spacial score (nSPS) is 21.5. The third-order valence-corrected chi connectivity index (χ3v) is 5.94. The number of hydrogen-bond acceptors (Lipinski definition) is 3. The number of carbonyl (C=O) groups is 2. The van der Waals surface area contributed by atoms with E-state index in [9.17, 15) is 14.7 Å². The Morgan fingerprint density at radius 1 is 1.24 bits per heavy atom. The molecule has 2 saturated heterocycles. The molecule has 1 atom stereocenters. The summed E-state index contributed by atoms with van der Waals surface area (Å²) in [6.07, 6.45) is 2.14.